The summed E-state index contributed by atoms with van der Waals surface area (Å²) in [6, 6.07) is 0. The average molecular weight is 159 g/mol. The molecule has 0 aromatic heterocycles. The zero-order chi connectivity index (χ0) is 8.91. The minimum absolute atomic E-state index is 0.249. The summed E-state index contributed by atoms with van der Waals surface area (Å²) in [5.41, 5.74) is 0.249. The Kier molecular flexibility index (Phi) is 4.69. The van der Waals surface area contributed by atoms with Crippen molar-refractivity contribution in [1.29, 1.82) is 0 Å². The lowest BCUT2D eigenvalue weighted by Gasteiger charge is -2.25. The van der Waals surface area contributed by atoms with Crippen molar-refractivity contribution in [3.8, 4) is 0 Å². The quantitative estimate of drug-likeness (QED) is 0.658. The van der Waals surface area contributed by atoms with Gasteiger partial charge in [0.05, 0.1) is 12.7 Å². The van der Waals surface area contributed by atoms with E-state index in [1.54, 1.807) is 0 Å². The smallest absolute Gasteiger partial charge is 0.0532 e. The average Bonchev–Trinajstić information content (AvgIpc) is 1.84. The van der Waals surface area contributed by atoms with Crippen molar-refractivity contribution in [3.05, 3.63) is 0 Å². The summed E-state index contributed by atoms with van der Waals surface area (Å²) in [7, 11) is 1.97. The van der Waals surface area contributed by atoms with Crippen LogP contribution in [0.15, 0.2) is 0 Å². The zero-order valence-electron chi connectivity index (χ0n) is 8.40. The van der Waals surface area contributed by atoms with Gasteiger partial charge in [0.2, 0.25) is 0 Å². The molecule has 1 N–H and O–H groups in total. The SMILES string of the molecule is CNCC(C)(C)COC(C)C. The zero-order valence-corrected chi connectivity index (χ0v) is 8.40. The van der Waals surface area contributed by atoms with Gasteiger partial charge in [0, 0.05) is 12.0 Å². The molecule has 0 aromatic rings. The molecule has 0 aliphatic heterocycles. The van der Waals surface area contributed by atoms with Gasteiger partial charge in [0.15, 0.2) is 0 Å². The minimum Gasteiger partial charge on any atom is -0.378 e. The highest BCUT2D eigenvalue weighted by molar-refractivity contribution is 4.69. The van der Waals surface area contributed by atoms with E-state index in [1.807, 2.05) is 7.05 Å². The van der Waals surface area contributed by atoms with E-state index in [0.29, 0.717) is 6.10 Å². The Balaban J connectivity index is 3.54. The highest BCUT2D eigenvalue weighted by Crippen LogP contribution is 2.14. The Hall–Kier alpha value is -0.0800. The molecule has 11 heavy (non-hydrogen) atoms. The normalized spacial score (nSPS) is 12.5. The van der Waals surface area contributed by atoms with Crippen LogP contribution in [0.3, 0.4) is 0 Å². The van der Waals surface area contributed by atoms with Crippen molar-refractivity contribution >= 4 is 0 Å². The Morgan fingerprint density at radius 3 is 2.27 bits per heavy atom. The van der Waals surface area contributed by atoms with Crippen LogP contribution in [-0.4, -0.2) is 26.3 Å². The van der Waals surface area contributed by atoms with E-state index in [-0.39, 0.29) is 5.41 Å². The first-order chi connectivity index (χ1) is 4.98. The fourth-order valence-electron chi connectivity index (χ4n) is 0.922. The minimum atomic E-state index is 0.249. The summed E-state index contributed by atoms with van der Waals surface area (Å²) in [6.45, 7) is 10.4. The van der Waals surface area contributed by atoms with E-state index in [0.717, 1.165) is 13.2 Å². The molecular formula is C9H21NO. The lowest BCUT2D eigenvalue weighted by atomic mass is 9.95. The fraction of sp³-hybridized carbons (Fsp3) is 1.00. The summed E-state index contributed by atoms with van der Waals surface area (Å²) in [6.07, 6.45) is 0.339. The molecule has 0 amide bonds. The van der Waals surface area contributed by atoms with Crippen LogP contribution in [-0.2, 0) is 4.74 Å². The van der Waals surface area contributed by atoms with Gasteiger partial charge in [0.1, 0.15) is 0 Å². The van der Waals surface area contributed by atoms with Crippen LogP contribution in [0.1, 0.15) is 27.7 Å². The molecular weight excluding hydrogens is 138 g/mol. The lowest BCUT2D eigenvalue weighted by Crippen LogP contribution is -2.32. The molecule has 2 heteroatoms. The summed E-state index contributed by atoms with van der Waals surface area (Å²) in [5.74, 6) is 0. The summed E-state index contributed by atoms with van der Waals surface area (Å²) in [4.78, 5) is 0. The maximum absolute atomic E-state index is 5.52. The van der Waals surface area contributed by atoms with E-state index in [4.69, 9.17) is 4.74 Å². The summed E-state index contributed by atoms with van der Waals surface area (Å²) >= 11 is 0. The molecule has 68 valence electrons. The molecule has 0 saturated heterocycles. The van der Waals surface area contributed by atoms with Gasteiger partial charge in [-0.3, -0.25) is 0 Å². The summed E-state index contributed by atoms with van der Waals surface area (Å²) < 4.78 is 5.52. The van der Waals surface area contributed by atoms with E-state index < -0.39 is 0 Å². The highest BCUT2D eigenvalue weighted by Gasteiger charge is 2.17. The molecule has 0 aliphatic carbocycles. The fourth-order valence-corrected chi connectivity index (χ4v) is 0.922. The molecule has 0 heterocycles. The second kappa shape index (κ2) is 4.73. The third kappa shape index (κ3) is 6.32. The van der Waals surface area contributed by atoms with Crippen LogP contribution in [0.4, 0.5) is 0 Å². The number of hydrogen-bond acceptors (Lipinski definition) is 2. The van der Waals surface area contributed by atoms with Gasteiger partial charge >= 0.3 is 0 Å². The molecule has 0 rings (SSSR count). The van der Waals surface area contributed by atoms with Crippen molar-refractivity contribution < 1.29 is 4.74 Å². The van der Waals surface area contributed by atoms with E-state index >= 15 is 0 Å². The van der Waals surface area contributed by atoms with Crippen LogP contribution in [0.5, 0.6) is 0 Å². The van der Waals surface area contributed by atoms with Gasteiger partial charge < -0.3 is 10.1 Å². The van der Waals surface area contributed by atoms with Gasteiger partial charge in [0.25, 0.3) is 0 Å². The number of ether oxygens (including phenoxy) is 1. The third-order valence-electron chi connectivity index (χ3n) is 1.46. The topological polar surface area (TPSA) is 21.3 Å². The van der Waals surface area contributed by atoms with Gasteiger partial charge in [-0.05, 0) is 20.9 Å². The van der Waals surface area contributed by atoms with Gasteiger partial charge in [-0.25, -0.2) is 0 Å². The number of hydrogen-bond donors (Lipinski definition) is 1. The maximum Gasteiger partial charge on any atom is 0.0532 e. The van der Waals surface area contributed by atoms with Gasteiger partial charge in [-0.1, -0.05) is 13.8 Å². The number of nitrogens with one attached hydrogen (secondary N) is 1. The predicted octanol–water partition coefficient (Wildman–Crippen LogP) is 1.66. The van der Waals surface area contributed by atoms with Gasteiger partial charge in [-0.2, -0.15) is 0 Å². The Morgan fingerprint density at radius 2 is 1.91 bits per heavy atom. The van der Waals surface area contributed by atoms with Crippen molar-refractivity contribution in [2.45, 2.75) is 33.8 Å². The second-order valence-electron chi connectivity index (χ2n) is 4.05. The molecule has 0 aliphatic rings. The maximum atomic E-state index is 5.52. The molecule has 2 nitrogen and oxygen atoms in total. The molecule has 0 radical (unpaired) electrons. The Bertz CT molecular complexity index is 99.7. The Labute approximate surface area is 70.3 Å². The monoisotopic (exact) mass is 159 g/mol. The largest absolute Gasteiger partial charge is 0.378 e. The first-order valence-electron chi connectivity index (χ1n) is 4.24. The molecule has 0 bridgehead atoms. The first-order valence-corrected chi connectivity index (χ1v) is 4.24. The van der Waals surface area contributed by atoms with Crippen molar-refractivity contribution in [2.24, 2.45) is 5.41 Å². The lowest BCUT2D eigenvalue weighted by molar-refractivity contribution is 0.0224. The van der Waals surface area contributed by atoms with Gasteiger partial charge in [-0.15, -0.1) is 0 Å². The van der Waals surface area contributed by atoms with E-state index in [1.165, 1.54) is 0 Å². The van der Waals surface area contributed by atoms with Crippen LogP contribution >= 0.6 is 0 Å². The predicted molar refractivity (Wildman–Crippen MR) is 48.8 cm³/mol. The van der Waals surface area contributed by atoms with Crippen LogP contribution in [0, 0.1) is 5.41 Å². The first kappa shape index (κ1) is 10.9. The molecule has 0 spiro atoms. The van der Waals surface area contributed by atoms with Crippen LogP contribution < -0.4 is 5.32 Å². The summed E-state index contributed by atoms with van der Waals surface area (Å²) in [5, 5.41) is 3.15. The van der Waals surface area contributed by atoms with Crippen molar-refractivity contribution in [1.82, 2.24) is 5.32 Å². The second-order valence-corrected chi connectivity index (χ2v) is 4.05. The third-order valence-corrected chi connectivity index (χ3v) is 1.46. The van der Waals surface area contributed by atoms with Crippen molar-refractivity contribution in [2.75, 3.05) is 20.2 Å². The van der Waals surface area contributed by atoms with Crippen molar-refractivity contribution in [3.63, 3.8) is 0 Å². The molecule has 0 atom stereocenters. The molecule has 0 aromatic carbocycles. The van der Waals surface area contributed by atoms with E-state index in [9.17, 15) is 0 Å². The standard InChI is InChI=1S/C9H21NO/c1-8(2)11-7-9(3,4)6-10-5/h8,10H,6-7H2,1-5H3. The Morgan fingerprint density at radius 1 is 1.36 bits per heavy atom. The molecule has 0 fully saturated rings. The van der Waals surface area contributed by atoms with E-state index in [2.05, 4.69) is 33.0 Å². The molecule has 0 saturated carbocycles. The van der Waals surface area contributed by atoms with Crippen LogP contribution in [0.25, 0.3) is 0 Å². The highest BCUT2D eigenvalue weighted by atomic mass is 16.5. The molecule has 0 unspecified atom stereocenters. The van der Waals surface area contributed by atoms with Crippen LogP contribution in [0.2, 0.25) is 0 Å². The number of rotatable bonds is 5.